The Morgan fingerprint density at radius 2 is 1.49 bits per heavy atom. The molecule has 43 heavy (non-hydrogen) atoms. The average molecular weight is 572 g/mol. The number of aryl methyl sites for hydroxylation is 1. The minimum Gasteiger partial charge on any atom is -0.493 e. The summed E-state index contributed by atoms with van der Waals surface area (Å²) in [6, 6.07) is 31.7. The first-order valence-electron chi connectivity index (χ1n) is 14.1. The van der Waals surface area contributed by atoms with E-state index in [9.17, 15) is 4.79 Å². The molecule has 7 nitrogen and oxygen atoms in total. The first kappa shape index (κ1) is 27.8. The predicted octanol–water partition coefficient (Wildman–Crippen LogP) is 7.15. The van der Waals surface area contributed by atoms with E-state index in [-0.39, 0.29) is 11.5 Å². The Balaban J connectivity index is 1.60. The Labute approximate surface area is 250 Å². The van der Waals surface area contributed by atoms with Gasteiger partial charge in [0.1, 0.15) is 11.5 Å². The summed E-state index contributed by atoms with van der Waals surface area (Å²) < 4.78 is 21.3. The van der Waals surface area contributed by atoms with Crippen molar-refractivity contribution >= 4 is 17.7 Å². The molecule has 5 aromatic rings. The predicted molar refractivity (Wildman–Crippen MR) is 170 cm³/mol. The van der Waals surface area contributed by atoms with Crippen molar-refractivity contribution in [2.45, 2.75) is 19.8 Å². The minimum absolute atomic E-state index is 0.194. The summed E-state index contributed by atoms with van der Waals surface area (Å²) in [4.78, 5) is 18.6. The number of para-hydroxylation sites is 2. The molecule has 0 radical (unpaired) electrons. The van der Waals surface area contributed by atoms with Crippen LogP contribution in [0, 0.1) is 13.8 Å². The third-order valence-corrected chi connectivity index (χ3v) is 8.02. The minimum atomic E-state index is -0.196. The second kappa shape index (κ2) is 11.5. The highest BCUT2D eigenvalue weighted by Gasteiger charge is 2.32. The highest BCUT2D eigenvalue weighted by molar-refractivity contribution is 5.95. The highest BCUT2D eigenvalue weighted by atomic mass is 16.5. The molecule has 1 aliphatic heterocycles. The van der Waals surface area contributed by atoms with Gasteiger partial charge in [0.15, 0.2) is 17.2 Å². The molecule has 7 heteroatoms. The van der Waals surface area contributed by atoms with Crippen molar-refractivity contribution in [3.63, 3.8) is 0 Å². The zero-order valence-corrected chi connectivity index (χ0v) is 24.9. The maximum Gasteiger partial charge on any atom is 0.297 e. The summed E-state index contributed by atoms with van der Waals surface area (Å²) in [5.74, 6) is 2.41. The lowest BCUT2D eigenvalue weighted by Crippen LogP contribution is -2.19. The number of rotatable bonds is 7. The van der Waals surface area contributed by atoms with Crippen LogP contribution in [0.25, 0.3) is 11.4 Å². The van der Waals surface area contributed by atoms with E-state index in [1.807, 2.05) is 97.5 Å². The number of hydrogen-bond acceptors (Lipinski definition) is 5. The number of ether oxygens (including phenoxy) is 3. The van der Waals surface area contributed by atoms with Crippen molar-refractivity contribution in [1.29, 1.82) is 0 Å². The molecular weight excluding hydrogens is 538 g/mol. The second-order valence-corrected chi connectivity index (χ2v) is 10.5. The number of methoxy groups -OCH3 is 2. The van der Waals surface area contributed by atoms with Crippen LogP contribution in [-0.2, 0) is 7.05 Å². The van der Waals surface area contributed by atoms with Crippen LogP contribution in [0.2, 0.25) is 0 Å². The van der Waals surface area contributed by atoms with Crippen molar-refractivity contribution < 1.29 is 14.2 Å². The van der Waals surface area contributed by atoms with Gasteiger partial charge in [0.2, 0.25) is 0 Å². The van der Waals surface area contributed by atoms with E-state index >= 15 is 0 Å². The molecule has 0 spiro atoms. The Morgan fingerprint density at radius 1 is 0.814 bits per heavy atom. The molecule has 0 unspecified atom stereocenters. The maximum absolute atomic E-state index is 13.7. The van der Waals surface area contributed by atoms with E-state index in [2.05, 4.69) is 25.1 Å². The summed E-state index contributed by atoms with van der Waals surface area (Å²) in [7, 11) is 5.09. The zero-order valence-electron chi connectivity index (χ0n) is 24.9. The van der Waals surface area contributed by atoms with Gasteiger partial charge in [0.05, 0.1) is 25.6 Å². The van der Waals surface area contributed by atoms with E-state index in [1.54, 1.807) is 25.1 Å². The first-order chi connectivity index (χ1) is 20.9. The van der Waals surface area contributed by atoms with Gasteiger partial charge in [-0.05, 0) is 61.4 Å². The third kappa shape index (κ3) is 4.93. The van der Waals surface area contributed by atoms with Crippen LogP contribution in [0.3, 0.4) is 0 Å². The van der Waals surface area contributed by atoms with Crippen LogP contribution in [0.4, 0.5) is 5.69 Å². The summed E-state index contributed by atoms with van der Waals surface area (Å²) in [6.07, 6.45) is 1.79. The second-order valence-electron chi connectivity index (χ2n) is 10.5. The number of fused-ring (bicyclic) bond motifs is 1. The van der Waals surface area contributed by atoms with E-state index in [0.717, 1.165) is 45.0 Å². The molecule has 6 rings (SSSR count). The quantitative estimate of drug-likeness (QED) is 0.195. The lowest BCUT2D eigenvalue weighted by molar-refractivity contribution is 0.354. The molecule has 0 saturated heterocycles. The molecule has 0 fully saturated rings. The summed E-state index contributed by atoms with van der Waals surface area (Å²) >= 11 is 0. The lowest BCUT2D eigenvalue weighted by Gasteiger charge is -2.31. The van der Waals surface area contributed by atoms with Gasteiger partial charge >= 0.3 is 0 Å². The fraction of sp³-hybridized carbons (Fsp3) is 0.167. The van der Waals surface area contributed by atoms with Crippen LogP contribution in [-0.4, -0.2) is 29.8 Å². The van der Waals surface area contributed by atoms with Crippen LogP contribution < -0.4 is 19.8 Å². The molecule has 1 aromatic heterocycles. The number of hydrogen-bond donors (Lipinski definition) is 0. The summed E-state index contributed by atoms with van der Waals surface area (Å²) in [5, 5.41) is 0. The van der Waals surface area contributed by atoms with Gasteiger partial charge in [-0.25, -0.2) is 9.67 Å². The molecule has 1 atom stereocenters. The number of aliphatic imine (C=N–C) groups is 1. The van der Waals surface area contributed by atoms with Crippen molar-refractivity contribution in [2.24, 2.45) is 12.0 Å². The fourth-order valence-electron chi connectivity index (χ4n) is 5.70. The number of allylic oxidation sites excluding steroid dienone is 1. The van der Waals surface area contributed by atoms with Gasteiger partial charge in [-0.2, -0.15) is 0 Å². The summed E-state index contributed by atoms with van der Waals surface area (Å²) in [5.41, 5.74) is 6.63. The van der Waals surface area contributed by atoms with Crippen molar-refractivity contribution in [3.8, 4) is 22.9 Å². The van der Waals surface area contributed by atoms with Gasteiger partial charge in [-0.1, -0.05) is 60.7 Å². The van der Waals surface area contributed by atoms with Crippen LogP contribution >= 0.6 is 0 Å². The van der Waals surface area contributed by atoms with Crippen molar-refractivity contribution in [3.05, 3.63) is 141 Å². The molecule has 216 valence electrons. The zero-order chi connectivity index (χ0) is 30.1. The number of nitrogens with zero attached hydrogens (tertiary/aromatic N) is 3. The van der Waals surface area contributed by atoms with Crippen molar-refractivity contribution in [1.82, 2.24) is 9.36 Å². The molecule has 0 aliphatic carbocycles. The average Bonchev–Trinajstić information content (AvgIpc) is 3.26. The Morgan fingerprint density at radius 3 is 2.21 bits per heavy atom. The molecule has 0 N–H and O–H groups in total. The van der Waals surface area contributed by atoms with E-state index in [0.29, 0.717) is 22.9 Å². The molecule has 0 bridgehead atoms. The van der Waals surface area contributed by atoms with Crippen LogP contribution in [0.1, 0.15) is 33.9 Å². The van der Waals surface area contributed by atoms with Crippen LogP contribution in [0.15, 0.2) is 112 Å². The van der Waals surface area contributed by atoms with Crippen molar-refractivity contribution in [2.75, 3.05) is 14.2 Å². The van der Waals surface area contributed by atoms with Crippen LogP contribution in [0.5, 0.6) is 17.2 Å². The SMILES string of the molecule is COc1ccc(C2=C(C=Nc3c(C)n(C)n(-c4ccccc4)c3=O)[C@H](c3ccccc3C)c3ccccc3O2)cc1OC. The lowest BCUT2D eigenvalue weighted by atomic mass is 9.80. The Bertz CT molecular complexity index is 1930. The molecule has 0 saturated carbocycles. The summed E-state index contributed by atoms with van der Waals surface area (Å²) in [6.45, 7) is 4.01. The van der Waals surface area contributed by atoms with Gasteiger partial charge in [0, 0.05) is 35.9 Å². The molecule has 2 heterocycles. The largest absolute Gasteiger partial charge is 0.493 e. The smallest absolute Gasteiger partial charge is 0.297 e. The third-order valence-electron chi connectivity index (χ3n) is 8.02. The van der Waals surface area contributed by atoms with E-state index in [1.165, 1.54) is 0 Å². The normalized spacial score (nSPS) is 14.5. The molecule has 4 aromatic carbocycles. The highest BCUT2D eigenvalue weighted by Crippen LogP contribution is 2.46. The molecule has 1 aliphatic rings. The standard InChI is InChI=1S/C36H33N3O4/c1-23-13-9-10-16-27(23)33-28-17-11-12-18-30(28)43-35(25-19-20-31(41-4)32(21-25)42-5)29(33)22-37-34-24(2)38(3)39(36(34)40)26-14-7-6-8-15-26/h6-22,33H,1-5H3/t33-/m1/s1. The monoisotopic (exact) mass is 571 g/mol. The Hall–Kier alpha value is -5.30. The van der Waals surface area contributed by atoms with E-state index in [4.69, 9.17) is 19.2 Å². The first-order valence-corrected chi connectivity index (χ1v) is 14.1. The fourth-order valence-corrected chi connectivity index (χ4v) is 5.70. The number of aromatic nitrogens is 2. The van der Waals surface area contributed by atoms with Gasteiger partial charge in [-0.3, -0.25) is 9.48 Å². The molecular formula is C36H33N3O4. The Kier molecular flexibility index (Phi) is 7.47. The molecule has 0 amide bonds. The number of benzene rings is 4. The topological polar surface area (TPSA) is 67.0 Å². The van der Waals surface area contributed by atoms with E-state index < -0.39 is 0 Å². The maximum atomic E-state index is 13.7. The van der Waals surface area contributed by atoms with Gasteiger partial charge in [-0.15, -0.1) is 0 Å². The van der Waals surface area contributed by atoms with Gasteiger partial charge < -0.3 is 14.2 Å². The van der Waals surface area contributed by atoms with Gasteiger partial charge in [0.25, 0.3) is 5.56 Å².